The highest BCUT2D eigenvalue weighted by Gasteiger charge is 2.12. The maximum absolute atomic E-state index is 10.9. The Morgan fingerprint density at radius 1 is 1.67 bits per heavy atom. The lowest BCUT2D eigenvalue weighted by Gasteiger charge is -2.11. The highest BCUT2D eigenvalue weighted by molar-refractivity contribution is 7.99. The van der Waals surface area contributed by atoms with E-state index in [0.717, 1.165) is 0 Å². The minimum absolute atomic E-state index is 0.103. The maximum Gasteiger partial charge on any atom is 0.237 e. The van der Waals surface area contributed by atoms with Crippen LogP contribution >= 0.6 is 11.8 Å². The number of thioether (sulfide) groups is 1. The molecule has 0 rings (SSSR count). The molecule has 2 atom stereocenters. The van der Waals surface area contributed by atoms with Crippen LogP contribution in [0.3, 0.4) is 0 Å². The number of aliphatic hydroxyl groups excluding tert-OH is 1. The maximum atomic E-state index is 10.9. The molecule has 0 aliphatic heterocycles. The van der Waals surface area contributed by atoms with Gasteiger partial charge in [0.2, 0.25) is 5.91 Å². The molecule has 0 aromatic carbocycles. The van der Waals surface area contributed by atoms with Crippen LogP contribution in [0.4, 0.5) is 0 Å². The molecule has 0 aliphatic rings. The summed E-state index contributed by atoms with van der Waals surface area (Å²) in [6.45, 7) is 3.86. The van der Waals surface area contributed by atoms with E-state index >= 15 is 0 Å². The van der Waals surface area contributed by atoms with Gasteiger partial charge in [-0.05, 0) is 0 Å². The fourth-order valence-corrected chi connectivity index (χ4v) is 1.45. The number of amides is 1. The molecule has 2 unspecified atom stereocenters. The van der Waals surface area contributed by atoms with Gasteiger partial charge >= 0.3 is 0 Å². The van der Waals surface area contributed by atoms with Crippen molar-refractivity contribution in [3.05, 3.63) is 0 Å². The quantitative estimate of drug-likeness (QED) is 0.318. The Kier molecular flexibility index (Phi) is 6.14. The van der Waals surface area contributed by atoms with E-state index in [1.54, 1.807) is 18.7 Å². The van der Waals surface area contributed by atoms with Gasteiger partial charge in [0.25, 0.3) is 0 Å². The smallest absolute Gasteiger partial charge is 0.237 e. The summed E-state index contributed by atoms with van der Waals surface area (Å²) in [5, 5.41) is 8.88. The van der Waals surface area contributed by atoms with E-state index in [4.69, 9.17) is 10.9 Å². The summed E-state index contributed by atoms with van der Waals surface area (Å²) in [6.07, 6.45) is 0. The zero-order valence-corrected chi connectivity index (χ0v) is 8.23. The minimum atomic E-state index is -0.160. The second-order valence-electron chi connectivity index (χ2n) is 2.74. The first-order valence-corrected chi connectivity index (χ1v) is 4.89. The number of rotatable bonds is 5. The van der Waals surface area contributed by atoms with Crippen molar-refractivity contribution in [2.75, 3.05) is 12.4 Å². The average molecular weight is 192 g/mol. The largest absolute Gasteiger partial charge is 0.395 e. The predicted octanol–water partition coefficient (Wildman–Crippen LogP) is -0.274. The molecule has 0 saturated heterocycles. The van der Waals surface area contributed by atoms with Crippen molar-refractivity contribution >= 4 is 17.7 Å². The van der Waals surface area contributed by atoms with Gasteiger partial charge in [0.05, 0.1) is 6.61 Å². The Balaban J connectivity index is 3.56. The predicted molar refractivity (Wildman–Crippen MR) is 50.5 cm³/mol. The Bertz CT molecular complexity index is 143. The van der Waals surface area contributed by atoms with Gasteiger partial charge in [-0.25, -0.2) is 5.84 Å². The van der Waals surface area contributed by atoms with Gasteiger partial charge in [0, 0.05) is 16.9 Å². The van der Waals surface area contributed by atoms with Gasteiger partial charge in [0.15, 0.2) is 0 Å². The first-order valence-electron chi connectivity index (χ1n) is 3.84. The van der Waals surface area contributed by atoms with Crippen molar-refractivity contribution in [1.29, 1.82) is 0 Å². The molecule has 72 valence electrons. The van der Waals surface area contributed by atoms with Crippen LogP contribution in [0.25, 0.3) is 0 Å². The van der Waals surface area contributed by atoms with E-state index in [9.17, 15) is 4.79 Å². The molecule has 0 spiro atoms. The lowest BCUT2D eigenvalue weighted by Crippen LogP contribution is -2.35. The third-order valence-corrected chi connectivity index (χ3v) is 2.89. The molecule has 0 bridgehead atoms. The number of hydrazine groups is 1. The molecule has 0 aromatic heterocycles. The molecule has 0 fully saturated rings. The Morgan fingerprint density at radius 2 is 2.25 bits per heavy atom. The van der Waals surface area contributed by atoms with Crippen molar-refractivity contribution in [2.24, 2.45) is 11.8 Å². The summed E-state index contributed by atoms with van der Waals surface area (Å²) in [4.78, 5) is 10.9. The van der Waals surface area contributed by atoms with Crippen LogP contribution in [-0.4, -0.2) is 28.6 Å². The Labute approximate surface area is 76.9 Å². The second-order valence-corrected chi connectivity index (χ2v) is 4.21. The summed E-state index contributed by atoms with van der Waals surface area (Å²) >= 11 is 1.56. The minimum Gasteiger partial charge on any atom is -0.395 e. The molecule has 0 aromatic rings. The topological polar surface area (TPSA) is 75.3 Å². The van der Waals surface area contributed by atoms with Crippen molar-refractivity contribution in [1.82, 2.24) is 5.43 Å². The number of carbonyl (C=O) groups excluding carboxylic acids is 1. The molecule has 4 nitrogen and oxygen atoms in total. The van der Waals surface area contributed by atoms with E-state index in [-0.39, 0.29) is 23.7 Å². The van der Waals surface area contributed by atoms with Crippen molar-refractivity contribution in [3.63, 3.8) is 0 Å². The summed E-state index contributed by atoms with van der Waals surface area (Å²) in [7, 11) is 0. The lowest BCUT2D eigenvalue weighted by atomic mass is 10.2. The van der Waals surface area contributed by atoms with Crippen molar-refractivity contribution < 1.29 is 9.90 Å². The van der Waals surface area contributed by atoms with Crippen LogP contribution in [0.2, 0.25) is 0 Å². The van der Waals surface area contributed by atoms with Gasteiger partial charge < -0.3 is 5.11 Å². The third kappa shape index (κ3) is 4.58. The number of nitrogens with two attached hydrogens (primary N) is 1. The van der Waals surface area contributed by atoms with Crippen LogP contribution in [0.5, 0.6) is 0 Å². The number of nitrogens with one attached hydrogen (secondary N) is 1. The summed E-state index contributed by atoms with van der Waals surface area (Å²) in [5.41, 5.74) is 2.09. The fraction of sp³-hybridized carbons (Fsp3) is 0.857. The molecule has 12 heavy (non-hydrogen) atoms. The third-order valence-electron chi connectivity index (χ3n) is 1.48. The molecule has 0 radical (unpaired) electrons. The zero-order valence-electron chi connectivity index (χ0n) is 7.41. The van der Waals surface area contributed by atoms with Gasteiger partial charge in [-0.2, -0.15) is 11.8 Å². The van der Waals surface area contributed by atoms with E-state index in [1.807, 2.05) is 6.92 Å². The average Bonchev–Trinajstić information content (AvgIpc) is 2.11. The van der Waals surface area contributed by atoms with E-state index < -0.39 is 0 Å². The van der Waals surface area contributed by atoms with Crippen LogP contribution in [0.1, 0.15) is 13.8 Å². The van der Waals surface area contributed by atoms with Crippen LogP contribution in [-0.2, 0) is 4.79 Å². The molecular weight excluding hydrogens is 176 g/mol. The molecule has 1 amide bonds. The highest BCUT2D eigenvalue weighted by atomic mass is 32.2. The zero-order chi connectivity index (χ0) is 9.56. The lowest BCUT2D eigenvalue weighted by molar-refractivity contribution is -0.123. The molecule has 0 saturated carbocycles. The number of carbonyl (C=O) groups is 1. The van der Waals surface area contributed by atoms with Gasteiger partial charge in [-0.3, -0.25) is 10.2 Å². The number of hydrogen-bond donors (Lipinski definition) is 3. The van der Waals surface area contributed by atoms with Crippen molar-refractivity contribution in [2.45, 2.75) is 19.1 Å². The molecule has 4 N–H and O–H groups in total. The standard InChI is InChI=1S/C7H16N2O2S/c1-5(7(11)9-8)4-12-6(2)3-10/h5-6,10H,3-4,8H2,1-2H3,(H,9,11). The molecule has 5 heteroatoms. The van der Waals surface area contributed by atoms with Gasteiger partial charge in [-0.15, -0.1) is 0 Å². The summed E-state index contributed by atoms with van der Waals surface area (Å²) in [5.74, 6) is 5.38. The SMILES string of the molecule is CC(CO)SCC(C)C(=O)NN. The normalized spacial score (nSPS) is 15.3. The first kappa shape index (κ1) is 11.7. The molecule has 0 aliphatic carbocycles. The summed E-state index contributed by atoms with van der Waals surface area (Å²) < 4.78 is 0. The van der Waals surface area contributed by atoms with Crippen molar-refractivity contribution in [3.8, 4) is 0 Å². The van der Waals surface area contributed by atoms with Gasteiger partial charge in [0.1, 0.15) is 0 Å². The Morgan fingerprint density at radius 3 is 2.67 bits per heavy atom. The molecule has 0 heterocycles. The van der Waals surface area contributed by atoms with Crippen LogP contribution in [0, 0.1) is 5.92 Å². The van der Waals surface area contributed by atoms with Gasteiger partial charge in [-0.1, -0.05) is 13.8 Å². The Hall–Kier alpha value is -0.260. The number of aliphatic hydroxyl groups is 1. The fourth-order valence-electron chi connectivity index (χ4n) is 0.579. The molecular formula is C7H16N2O2S. The van der Waals surface area contributed by atoms with E-state index in [2.05, 4.69) is 5.43 Å². The van der Waals surface area contributed by atoms with Crippen LogP contribution in [0.15, 0.2) is 0 Å². The first-order chi connectivity index (χ1) is 5.61. The second kappa shape index (κ2) is 6.28. The van der Waals surface area contributed by atoms with E-state index in [0.29, 0.717) is 5.75 Å². The van der Waals surface area contributed by atoms with E-state index in [1.165, 1.54) is 0 Å². The summed E-state index contributed by atoms with van der Waals surface area (Å²) in [6, 6.07) is 0. The highest BCUT2D eigenvalue weighted by Crippen LogP contribution is 2.13. The monoisotopic (exact) mass is 192 g/mol. The van der Waals surface area contributed by atoms with Crippen LogP contribution < -0.4 is 11.3 Å². The number of hydrogen-bond acceptors (Lipinski definition) is 4.